The molecule has 0 spiro atoms. The summed E-state index contributed by atoms with van der Waals surface area (Å²) < 4.78 is 7.70. The van der Waals surface area contributed by atoms with Gasteiger partial charge in [-0.05, 0) is 30.3 Å². The molecule has 8 heteroatoms. The minimum absolute atomic E-state index is 0.00332. The Kier molecular flexibility index (Phi) is 5.35. The molecule has 0 bridgehead atoms. The highest BCUT2D eigenvalue weighted by atomic mass is 35.5. The summed E-state index contributed by atoms with van der Waals surface area (Å²) in [5.41, 5.74) is 1.85. The van der Waals surface area contributed by atoms with Gasteiger partial charge < -0.3 is 10.1 Å². The number of hydrogen-bond donors (Lipinski definition) is 1. The van der Waals surface area contributed by atoms with Gasteiger partial charge in [-0.3, -0.25) is 14.2 Å². The van der Waals surface area contributed by atoms with E-state index in [1.54, 1.807) is 40.6 Å². The van der Waals surface area contributed by atoms with Crippen molar-refractivity contribution in [2.24, 2.45) is 5.92 Å². The molecule has 154 valence electrons. The Morgan fingerprint density at radius 2 is 2.00 bits per heavy atom. The summed E-state index contributed by atoms with van der Waals surface area (Å²) in [4.78, 5) is 26.3. The third kappa shape index (κ3) is 3.66. The van der Waals surface area contributed by atoms with Gasteiger partial charge in [-0.25, -0.2) is 0 Å². The first-order valence-corrected chi connectivity index (χ1v) is 11.9. The van der Waals surface area contributed by atoms with Crippen molar-refractivity contribution in [2.45, 2.75) is 23.9 Å². The highest BCUT2D eigenvalue weighted by Gasteiger charge is 2.39. The van der Waals surface area contributed by atoms with Crippen LogP contribution >= 0.6 is 34.7 Å². The molecule has 0 saturated heterocycles. The van der Waals surface area contributed by atoms with Crippen LogP contribution in [0.2, 0.25) is 5.02 Å². The van der Waals surface area contributed by atoms with Crippen LogP contribution in [0, 0.1) is 5.92 Å². The quantitative estimate of drug-likeness (QED) is 0.607. The van der Waals surface area contributed by atoms with E-state index in [1.165, 1.54) is 11.3 Å². The molecule has 5 nitrogen and oxygen atoms in total. The lowest BCUT2D eigenvalue weighted by atomic mass is 9.84. The molecular weight excluding hydrogens is 440 g/mol. The standard InChI is InChI=1S/C22H19ClN2O3S2/c23-14-5-7-15(8-6-14)24-18(26)9-10-25-21-20(30-22(25)27)19-13(12-29-21)11-28-17-4-2-1-3-16(17)19/h1-8,13,19H,9-12H2,(H,24,26). The van der Waals surface area contributed by atoms with Crippen molar-refractivity contribution in [3.8, 4) is 5.75 Å². The summed E-state index contributed by atoms with van der Waals surface area (Å²) in [7, 11) is 0. The van der Waals surface area contributed by atoms with Crippen molar-refractivity contribution >= 4 is 46.3 Å². The third-order valence-corrected chi connectivity index (χ3v) is 8.21. The Morgan fingerprint density at radius 1 is 1.20 bits per heavy atom. The summed E-state index contributed by atoms with van der Waals surface area (Å²) in [5, 5.41) is 4.48. The van der Waals surface area contributed by atoms with Crippen LogP contribution in [-0.2, 0) is 11.3 Å². The van der Waals surface area contributed by atoms with Gasteiger partial charge in [0, 0.05) is 51.7 Å². The van der Waals surface area contributed by atoms with Gasteiger partial charge in [0.15, 0.2) is 0 Å². The lowest BCUT2D eigenvalue weighted by Crippen LogP contribution is -2.31. The number of carbonyl (C=O) groups excluding carboxylic acids is 1. The second-order valence-electron chi connectivity index (χ2n) is 7.39. The fourth-order valence-corrected chi connectivity index (χ4v) is 6.89. The fraction of sp³-hybridized carbons (Fsp3) is 0.273. The second-order valence-corrected chi connectivity index (χ2v) is 9.83. The number of thioether (sulfide) groups is 1. The van der Waals surface area contributed by atoms with E-state index in [0.717, 1.165) is 27.0 Å². The number of amides is 1. The van der Waals surface area contributed by atoms with E-state index in [4.69, 9.17) is 16.3 Å². The highest BCUT2D eigenvalue weighted by molar-refractivity contribution is 7.99. The molecule has 0 fully saturated rings. The lowest BCUT2D eigenvalue weighted by molar-refractivity contribution is -0.116. The first-order chi connectivity index (χ1) is 14.6. The van der Waals surface area contributed by atoms with E-state index in [1.807, 2.05) is 18.2 Å². The Morgan fingerprint density at radius 3 is 2.83 bits per heavy atom. The maximum Gasteiger partial charge on any atom is 0.308 e. The smallest absolute Gasteiger partial charge is 0.308 e. The van der Waals surface area contributed by atoms with Crippen LogP contribution in [-0.4, -0.2) is 22.8 Å². The van der Waals surface area contributed by atoms with Gasteiger partial charge >= 0.3 is 4.87 Å². The van der Waals surface area contributed by atoms with E-state index >= 15 is 0 Å². The number of ether oxygens (including phenoxy) is 1. The number of thiazole rings is 1. The summed E-state index contributed by atoms with van der Waals surface area (Å²) in [5.74, 6) is 2.23. The van der Waals surface area contributed by atoms with Crippen molar-refractivity contribution in [3.63, 3.8) is 0 Å². The fourth-order valence-electron chi connectivity index (χ4n) is 4.02. The molecule has 2 aromatic carbocycles. The molecule has 5 rings (SSSR count). The number of para-hydroxylation sites is 1. The van der Waals surface area contributed by atoms with Crippen molar-refractivity contribution < 1.29 is 9.53 Å². The number of rotatable bonds is 4. The van der Waals surface area contributed by atoms with Crippen LogP contribution in [0.1, 0.15) is 22.8 Å². The van der Waals surface area contributed by atoms with Crippen LogP contribution in [0.5, 0.6) is 5.75 Å². The molecule has 1 amide bonds. The van der Waals surface area contributed by atoms with E-state index in [-0.39, 0.29) is 23.1 Å². The molecule has 2 atom stereocenters. The van der Waals surface area contributed by atoms with Crippen LogP contribution in [0.3, 0.4) is 0 Å². The minimum atomic E-state index is -0.126. The zero-order valence-corrected chi connectivity index (χ0v) is 18.4. The van der Waals surface area contributed by atoms with Crippen LogP contribution in [0.4, 0.5) is 5.69 Å². The maximum absolute atomic E-state index is 12.8. The highest BCUT2D eigenvalue weighted by Crippen LogP contribution is 2.50. The Balaban J connectivity index is 1.36. The van der Waals surface area contributed by atoms with Crippen molar-refractivity contribution in [2.75, 3.05) is 17.7 Å². The number of halogens is 1. The average Bonchev–Trinajstić information content (AvgIpc) is 3.08. The Bertz CT molecular complexity index is 1160. The summed E-state index contributed by atoms with van der Waals surface area (Å²) in [6.45, 7) is 1.04. The number of benzene rings is 2. The van der Waals surface area contributed by atoms with Gasteiger partial charge in [0.1, 0.15) is 5.75 Å². The Labute approximate surface area is 187 Å². The molecule has 1 aromatic heterocycles. The molecule has 1 N–H and O–H groups in total. The molecule has 30 heavy (non-hydrogen) atoms. The molecular formula is C22H19ClN2O3S2. The van der Waals surface area contributed by atoms with Crippen molar-refractivity contribution in [3.05, 3.63) is 73.7 Å². The molecule has 0 saturated carbocycles. The zero-order chi connectivity index (χ0) is 20.7. The van der Waals surface area contributed by atoms with Gasteiger partial charge in [-0.2, -0.15) is 0 Å². The topological polar surface area (TPSA) is 60.3 Å². The molecule has 3 aromatic rings. The summed E-state index contributed by atoms with van der Waals surface area (Å²) in [6, 6.07) is 15.1. The summed E-state index contributed by atoms with van der Waals surface area (Å²) >= 11 is 8.89. The zero-order valence-electron chi connectivity index (χ0n) is 16.0. The SMILES string of the molecule is O=C(CCn1c2c(sc1=O)C1c3ccccc3OCC1CS2)Nc1ccc(Cl)cc1. The summed E-state index contributed by atoms with van der Waals surface area (Å²) in [6.07, 6.45) is 0.236. The molecule has 0 radical (unpaired) electrons. The predicted molar refractivity (Wildman–Crippen MR) is 121 cm³/mol. The van der Waals surface area contributed by atoms with E-state index in [2.05, 4.69) is 11.4 Å². The molecule has 2 aliphatic rings. The van der Waals surface area contributed by atoms with E-state index < -0.39 is 0 Å². The molecule has 3 heterocycles. The van der Waals surface area contributed by atoms with Gasteiger partial charge in [-0.1, -0.05) is 41.1 Å². The molecule has 2 unspecified atom stereocenters. The van der Waals surface area contributed by atoms with Gasteiger partial charge in [0.2, 0.25) is 5.91 Å². The lowest BCUT2D eigenvalue weighted by Gasteiger charge is -2.36. The van der Waals surface area contributed by atoms with Crippen LogP contribution in [0.25, 0.3) is 0 Å². The first kappa shape index (κ1) is 19.7. The number of fused-ring (bicyclic) bond motifs is 5. The first-order valence-electron chi connectivity index (χ1n) is 9.73. The maximum atomic E-state index is 12.8. The second kappa shape index (κ2) is 8.13. The number of hydrogen-bond acceptors (Lipinski definition) is 5. The normalized spacial score (nSPS) is 19.2. The monoisotopic (exact) mass is 458 g/mol. The number of nitrogens with one attached hydrogen (secondary N) is 1. The molecule has 2 aliphatic heterocycles. The number of anilines is 1. The number of nitrogens with zero attached hydrogens (tertiary/aromatic N) is 1. The van der Waals surface area contributed by atoms with E-state index in [9.17, 15) is 9.59 Å². The third-order valence-electron chi connectivity index (χ3n) is 5.46. The minimum Gasteiger partial charge on any atom is -0.493 e. The number of carbonyl (C=O) groups is 1. The predicted octanol–water partition coefficient (Wildman–Crippen LogP) is 4.84. The van der Waals surface area contributed by atoms with E-state index in [0.29, 0.717) is 29.8 Å². The number of aromatic nitrogens is 1. The van der Waals surface area contributed by atoms with Crippen LogP contribution < -0.4 is 14.9 Å². The van der Waals surface area contributed by atoms with Crippen LogP contribution in [0.15, 0.2) is 58.4 Å². The van der Waals surface area contributed by atoms with Gasteiger partial charge in [0.25, 0.3) is 0 Å². The van der Waals surface area contributed by atoms with Crippen molar-refractivity contribution in [1.82, 2.24) is 4.57 Å². The van der Waals surface area contributed by atoms with Gasteiger partial charge in [-0.15, -0.1) is 11.8 Å². The Hall–Kier alpha value is -2.22. The van der Waals surface area contributed by atoms with Crippen molar-refractivity contribution in [1.29, 1.82) is 0 Å². The largest absolute Gasteiger partial charge is 0.493 e. The molecule has 0 aliphatic carbocycles. The average molecular weight is 459 g/mol. The van der Waals surface area contributed by atoms with Gasteiger partial charge in [0.05, 0.1) is 11.6 Å².